The van der Waals surface area contributed by atoms with Crippen molar-refractivity contribution in [3.05, 3.63) is 12.1 Å². The van der Waals surface area contributed by atoms with E-state index >= 15 is 0 Å². The lowest BCUT2D eigenvalue weighted by atomic mass is 10.2. The number of hydrogen-bond acceptors (Lipinski definition) is 6. The van der Waals surface area contributed by atoms with Gasteiger partial charge in [0.1, 0.15) is 0 Å². The average molecular weight is 252 g/mol. The van der Waals surface area contributed by atoms with E-state index in [-0.39, 0.29) is 0 Å². The van der Waals surface area contributed by atoms with Crippen LogP contribution in [-0.2, 0) is 0 Å². The quantitative estimate of drug-likeness (QED) is 0.607. The van der Waals surface area contributed by atoms with E-state index in [1.165, 1.54) is 12.2 Å². The minimum Gasteiger partial charge on any atom is -0.397 e. The Hall–Kier alpha value is -1.43. The van der Waals surface area contributed by atoms with Crippen molar-refractivity contribution in [2.24, 2.45) is 0 Å². The minimum absolute atomic E-state index is 0.592. The van der Waals surface area contributed by atoms with E-state index in [0.29, 0.717) is 16.7 Å². The second-order valence-electron chi connectivity index (χ2n) is 3.79. The third-order valence-electron chi connectivity index (χ3n) is 2.54. The first kappa shape index (κ1) is 12.0. The fourth-order valence-electron chi connectivity index (χ4n) is 1.62. The second kappa shape index (κ2) is 5.77. The summed E-state index contributed by atoms with van der Waals surface area (Å²) < 4.78 is 4.71. The summed E-state index contributed by atoms with van der Waals surface area (Å²) >= 11 is 1.87. The highest BCUT2D eigenvalue weighted by molar-refractivity contribution is 7.98. The molecular formula is C11H16N4OS. The molecule has 0 bridgehead atoms. The Labute approximate surface area is 104 Å². The number of rotatable bonds is 6. The van der Waals surface area contributed by atoms with Crippen LogP contribution in [0.4, 0.5) is 11.4 Å². The van der Waals surface area contributed by atoms with E-state index in [0.717, 1.165) is 18.7 Å². The summed E-state index contributed by atoms with van der Waals surface area (Å²) in [6.45, 7) is 0.923. The molecule has 3 N–H and O–H groups in total. The van der Waals surface area contributed by atoms with Gasteiger partial charge in [0.25, 0.3) is 0 Å². The Morgan fingerprint density at radius 2 is 2.12 bits per heavy atom. The number of nitrogens with zero attached hydrogens (tertiary/aromatic N) is 2. The van der Waals surface area contributed by atoms with Crippen LogP contribution < -0.4 is 11.1 Å². The highest BCUT2D eigenvalue weighted by Crippen LogP contribution is 2.24. The molecule has 0 saturated heterocycles. The van der Waals surface area contributed by atoms with Crippen molar-refractivity contribution in [3.63, 3.8) is 0 Å². The van der Waals surface area contributed by atoms with Crippen LogP contribution in [0.25, 0.3) is 11.0 Å². The maximum absolute atomic E-state index is 5.77. The van der Waals surface area contributed by atoms with Crippen LogP contribution in [0.15, 0.2) is 16.8 Å². The monoisotopic (exact) mass is 252 g/mol. The summed E-state index contributed by atoms with van der Waals surface area (Å²) in [5.74, 6) is 1.20. The number of fused-ring (bicyclic) bond motifs is 1. The number of thioether (sulfide) groups is 1. The summed E-state index contributed by atoms with van der Waals surface area (Å²) in [5, 5.41) is 11.0. The Kier molecular flexibility index (Phi) is 4.08. The van der Waals surface area contributed by atoms with Crippen molar-refractivity contribution >= 4 is 34.2 Å². The molecule has 2 rings (SSSR count). The molecule has 0 unspecified atom stereocenters. The van der Waals surface area contributed by atoms with Gasteiger partial charge in [0.15, 0.2) is 11.0 Å². The van der Waals surface area contributed by atoms with Crippen LogP contribution in [0.1, 0.15) is 12.8 Å². The van der Waals surface area contributed by atoms with Crippen LogP contribution in [0.2, 0.25) is 0 Å². The topological polar surface area (TPSA) is 77.0 Å². The zero-order valence-electron chi connectivity index (χ0n) is 9.77. The molecule has 0 aliphatic carbocycles. The number of aromatic nitrogens is 2. The van der Waals surface area contributed by atoms with Gasteiger partial charge in [-0.05, 0) is 47.3 Å². The smallest absolute Gasteiger partial charge is 0.160 e. The Balaban J connectivity index is 1.99. The highest BCUT2D eigenvalue weighted by Gasteiger charge is 2.09. The maximum Gasteiger partial charge on any atom is 0.160 e. The molecule has 0 fully saturated rings. The van der Waals surface area contributed by atoms with Gasteiger partial charge in [-0.25, -0.2) is 4.63 Å². The largest absolute Gasteiger partial charge is 0.397 e. The van der Waals surface area contributed by atoms with E-state index in [9.17, 15) is 0 Å². The van der Waals surface area contributed by atoms with Gasteiger partial charge in [0.2, 0.25) is 0 Å². The maximum atomic E-state index is 5.77. The Morgan fingerprint density at radius 1 is 1.29 bits per heavy atom. The van der Waals surface area contributed by atoms with Crippen molar-refractivity contribution in [2.45, 2.75) is 12.8 Å². The third kappa shape index (κ3) is 2.82. The molecule has 17 heavy (non-hydrogen) atoms. The Bertz CT molecular complexity index is 485. The van der Waals surface area contributed by atoms with Crippen molar-refractivity contribution < 1.29 is 4.63 Å². The fourth-order valence-corrected chi connectivity index (χ4v) is 2.12. The molecule has 1 aromatic carbocycles. The van der Waals surface area contributed by atoms with E-state index < -0.39 is 0 Å². The van der Waals surface area contributed by atoms with Gasteiger partial charge in [-0.2, -0.15) is 11.8 Å². The molecule has 1 heterocycles. The summed E-state index contributed by atoms with van der Waals surface area (Å²) in [6, 6.07) is 3.73. The van der Waals surface area contributed by atoms with Crippen molar-refractivity contribution in [1.29, 1.82) is 0 Å². The normalized spacial score (nSPS) is 10.9. The van der Waals surface area contributed by atoms with E-state index in [1.807, 2.05) is 23.9 Å². The van der Waals surface area contributed by atoms with Crippen molar-refractivity contribution in [1.82, 2.24) is 10.3 Å². The van der Waals surface area contributed by atoms with E-state index in [1.54, 1.807) is 0 Å². The van der Waals surface area contributed by atoms with Gasteiger partial charge in [0, 0.05) is 6.54 Å². The van der Waals surface area contributed by atoms with Gasteiger partial charge in [-0.1, -0.05) is 0 Å². The van der Waals surface area contributed by atoms with Crippen LogP contribution in [-0.4, -0.2) is 28.9 Å². The molecule has 0 aliphatic rings. The van der Waals surface area contributed by atoms with Gasteiger partial charge in [0.05, 0.1) is 11.4 Å². The van der Waals surface area contributed by atoms with Gasteiger partial charge >= 0.3 is 0 Å². The number of anilines is 2. The summed E-state index contributed by atoms with van der Waals surface area (Å²) in [4.78, 5) is 0. The minimum atomic E-state index is 0.592. The predicted molar refractivity (Wildman–Crippen MR) is 72.3 cm³/mol. The first-order chi connectivity index (χ1) is 8.33. The highest BCUT2D eigenvalue weighted by atomic mass is 32.2. The number of benzene rings is 1. The standard InChI is InChI=1S/C11H16N4OS/c1-17-7-3-2-6-13-9-5-4-8(12)10-11(9)15-16-14-10/h4-5,13H,2-3,6-7,12H2,1H3. The van der Waals surface area contributed by atoms with Crippen LogP contribution in [0.3, 0.4) is 0 Å². The third-order valence-corrected chi connectivity index (χ3v) is 3.23. The Morgan fingerprint density at radius 3 is 2.94 bits per heavy atom. The zero-order valence-corrected chi connectivity index (χ0v) is 10.6. The first-order valence-corrected chi connectivity index (χ1v) is 6.96. The van der Waals surface area contributed by atoms with Gasteiger partial charge in [-0.15, -0.1) is 0 Å². The number of nitrogen functional groups attached to an aromatic ring is 1. The summed E-state index contributed by atoms with van der Waals surface area (Å²) in [5.41, 5.74) is 8.62. The number of nitrogens with two attached hydrogens (primary N) is 1. The SMILES string of the molecule is CSCCCCNc1ccc(N)c2nonc12. The molecule has 2 aromatic rings. The van der Waals surface area contributed by atoms with Crippen LogP contribution >= 0.6 is 11.8 Å². The van der Waals surface area contributed by atoms with Crippen LogP contribution in [0.5, 0.6) is 0 Å². The predicted octanol–water partition coefficient (Wildman–Crippen LogP) is 2.36. The van der Waals surface area contributed by atoms with Crippen LogP contribution in [0, 0.1) is 0 Å². The molecule has 0 atom stereocenters. The first-order valence-electron chi connectivity index (χ1n) is 5.56. The van der Waals surface area contributed by atoms with Gasteiger partial charge < -0.3 is 11.1 Å². The average Bonchev–Trinajstić information content (AvgIpc) is 2.81. The van der Waals surface area contributed by atoms with Gasteiger partial charge in [-0.3, -0.25) is 0 Å². The molecule has 0 amide bonds. The number of nitrogens with one attached hydrogen (secondary N) is 1. The summed E-state index contributed by atoms with van der Waals surface area (Å²) in [7, 11) is 0. The molecule has 0 radical (unpaired) electrons. The van der Waals surface area contributed by atoms with E-state index in [4.69, 9.17) is 10.4 Å². The molecule has 0 spiro atoms. The fraction of sp³-hybridized carbons (Fsp3) is 0.455. The number of hydrogen-bond donors (Lipinski definition) is 2. The molecule has 1 aromatic heterocycles. The van der Waals surface area contributed by atoms with Crippen molar-refractivity contribution in [2.75, 3.05) is 29.6 Å². The van der Waals surface area contributed by atoms with E-state index in [2.05, 4.69) is 21.9 Å². The lowest BCUT2D eigenvalue weighted by molar-refractivity contribution is 0.316. The van der Waals surface area contributed by atoms with Crippen molar-refractivity contribution in [3.8, 4) is 0 Å². The molecule has 5 nitrogen and oxygen atoms in total. The number of unbranched alkanes of at least 4 members (excludes halogenated alkanes) is 1. The zero-order chi connectivity index (χ0) is 12.1. The molecule has 0 saturated carbocycles. The summed E-state index contributed by atoms with van der Waals surface area (Å²) in [6.07, 6.45) is 4.47. The lowest BCUT2D eigenvalue weighted by Crippen LogP contribution is -2.03. The molecule has 92 valence electrons. The molecule has 6 heteroatoms. The lowest BCUT2D eigenvalue weighted by Gasteiger charge is -2.06. The molecule has 0 aliphatic heterocycles. The molecular weight excluding hydrogens is 236 g/mol. The second-order valence-corrected chi connectivity index (χ2v) is 4.78.